The number of hydrogen-bond acceptors (Lipinski definition) is 16. The van der Waals surface area contributed by atoms with E-state index in [9.17, 15) is 24.9 Å². The fourth-order valence-corrected chi connectivity index (χ4v) is 10.5. The highest BCUT2D eigenvalue weighted by molar-refractivity contribution is 8.28. The van der Waals surface area contributed by atoms with Crippen molar-refractivity contribution in [2.75, 3.05) is 39.1 Å². The third kappa shape index (κ3) is 10.0. The highest BCUT2D eigenvalue weighted by Crippen LogP contribution is 2.46. The van der Waals surface area contributed by atoms with Gasteiger partial charge in [0, 0.05) is 53.8 Å². The number of aliphatic hydroxyl groups is 2. The van der Waals surface area contributed by atoms with Crippen LogP contribution in [0.5, 0.6) is 5.75 Å². The third-order valence-corrected chi connectivity index (χ3v) is 14.4. The van der Waals surface area contributed by atoms with E-state index in [1.807, 2.05) is 20.1 Å². The van der Waals surface area contributed by atoms with Gasteiger partial charge in [-0.3, -0.25) is 19.9 Å². The van der Waals surface area contributed by atoms with Gasteiger partial charge in [0.05, 0.1) is 55.3 Å². The number of aromatic amines is 1. The van der Waals surface area contributed by atoms with E-state index in [1.54, 1.807) is 44.6 Å². The number of methoxy groups -OCH3 is 2. The summed E-state index contributed by atoms with van der Waals surface area (Å²) < 4.78 is 41.6. The molecule has 66 heavy (non-hydrogen) atoms. The van der Waals surface area contributed by atoms with E-state index >= 15 is 4.79 Å². The van der Waals surface area contributed by atoms with Gasteiger partial charge in [0.2, 0.25) is 5.78 Å². The Morgan fingerprint density at radius 1 is 1.15 bits per heavy atom. The second kappa shape index (κ2) is 21.2. The number of thioether (sulfide) groups is 1. The number of carbonyl (C=O) groups is 3. The number of nitrogens with one attached hydrogen (secondary N) is 2. The maximum atomic E-state index is 15.3. The number of hydrogen-bond donors (Lipinski definition) is 5. The van der Waals surface area contributed by atoms with Crippen LogP contribution in [0.15, 0.2) is 65.5 Å². The molecule has 7 rings (SSSR count). The number of phenols is 1. The molecule has 2 aromatic heterocycles. The monoisotopic (exact) mass is 963 g/mol. The van der Waals surface area contributed by atoms with Crippen LogP contribution in [0, 0.1) is 29.6 Å². The SMILES string of the molecule is COC(=O)NC1=C2C#C/C=C\C#C[C@H](OC3OC(C)C(SC)(C(=O)c4nccc5c4[nH]c4ccc(O)cc45)C(O)C3OC3CC(OC)C(OC(C)C)CO3)C2/C(=C\CS(C)=S)[C@@H](O)CC1=O. The number of aliphatic hydroxyl groups excluding tert-OH is 2. The number of Topliss-reactive ketones (excluding diaryl/α,β-unsaturated/α-hetero) is 2. The van der Waals surface area contributed by atoms with Gasteiger partial charge in [-0.2, -0.15) is 0 Å². The number of alkyl carbamates (subject to hydrolysis) is 1. The highest BCUT2D eigenvalue weighted by Gasteiger charge is 2.61. The predicted octanol–water partition coefficient (Wildman–Crippen LogP) is 3.91. The smallest absolute Gasteiger partial charge is 0.411 e. The highest BCUT2D eigenvalue weighted by atomic mass is 32.8. The fourth-order valence-electron chi connectivity index (χ4n) is 8.82. The Morgan fingerprint density at radius 3 is 2.64 bits per heavy atom. The van der Waals surface area contributed by atoms with Crippen LogP contribution in [-0.4, -0.2) is 148 Å². The maximum Gasteiger partial charge on any atom is 0.411 e. The zero-order valence-corrected chi connectivity index (χ0v) is 39.8. The molecule has 4 heterocycles. The molecule has 2 aliphatic carbocycles. The summed E-state index contributed by atoms with van der Waals surface area (Å²) in [5, 5.41) is 38.9. The summed E-state index contributed by atoms with van der Waals surface area (Å²) in [6.07, 6.45) is -2.05. The van der Waals surface area contributed by atoms with Crippen LogP contribution in [0.2, 0.25) is 0 Å². The zero-order chi connectivity index (χ0) is 47.4. The number of nitrogens with zero attached hydrogens (tertiary/aromatic N) is 1. The molecule has 0 spiro atoms. The Bertz CT molecular complexity index is 2610. The molecule has 352 valence electrons. The summed E-state index contributed by atoms with van der Waals surface area (Å²) in [7, 11) is 2.14. The second-order valence-corrected chi connectivity index (χ2v) is 20.6. The first-order valence-corrected chi connectivity index (χ1v) is 25.2. The maximum absolute atomic E-state index is 15.3. The van der Waals surface area contributed by atoms with E-state index in [1.165, 1.54) is 24.4 Å². The van der Waals surface area contributed by atoms with Crippen LogP contribution in [0.4, 0.5) is 4.79 Å². The van der Waals surface area contributed by atoms with Gasteiger partial charge < -0.3 is 53.5 Å². The molecule has 1 amide bonds. The number of ketones is 2. The van der Waals surface area contributed by atoms with Gasteiger partial charge in [-0.1, -0.05) is 40.9 Å². The first-order chi connectivity index (χ1) is 31.6. The lowest BCUT2D eigenvalue weighted by Crippen LogP contribution is -2.68. The normalized spacial score (nSPS) is 31.7. The molecule has 0 radical (unpaired) electrons. The number of ether oxygens (including phenoxy) is 7. The van der Waals surface area contributed by atoms with E-state index in [-0.39, 0.29) is 41.8 Å². The lowest BCUT2D eigenvalue weighted by molar-refractivity contribution is -0.331. The van der Waals surface area contributed by atoms with Crippen molar-refractivity contribution in [3.05, 3.63) is 71.2 Å². The second-order valence-electron chi connectivity index (χ2n) is 16.4. The van der Waals surface area contributed by atoms with Gasteiger partial charge in [-0.25, -0.2) is 4.79 Å². The number of H-pyrrole nitrogens is 1. The molecule has 0 saturated carbocycles. The average molecular weight is 964 g/mol. The first-order valence-electron chi connectivity index (χ1n) is 21.2. The van der Waals surface area contributed by atoms with Crippen molar-refractivity contribution in [1.29, 1.82) is 0 Å². The molecule has 10 unspecified atom stereocenters. The molecule has 0 bridgehead atoms. The molecule has 2 saturated heterocycles. The van der Waals surface area contributed by atoms with Crippen LogP contribution in [-0.2, 0) is 58.6 Å². The average Bonchev–Trinajstić information content (AvgIpc) is 3.66. The summed E-state index contributed by atoms with van der Waals surface area (Å²) in [4.78, 5) is 49.7. The summed E-state index contributed by atoms with van der Waals surface area (Å²) in [6.45, 7) is 5.52. The van der Waals surface area contributed by atoms with Gasteiger partial charge in [0.25, 0.3) is 0 Å². The number of fused-ring (bicyclic) bond motifs is 4. The minimum absolute atomic E-state index is 0.0173. The van der Waals surface area contributed by atoms with Crippen LogP contribution < -0.4 is 5.32 Å². The lowest BCUT2D eigenvalue weighted by Gasteiger charge is -2.51. The molecule has 3 aromatic rings. The molecule has 4 aliphatic rings. The summed E-state index contributed by atoms with van der Waals surface area (Å²) in [5.41, 5.74) is 1.24. The minimum Gasteiger partial charge on any atom is -0.508 e. The van der Waals surface area contributed by atoms with E-state index < -0.39 is 99.5 Å². The molecular weight excluding hydrogens is 911 g/mol. The predicted molar refractivity (Wildman–Crippen MR) is 251 cm³/mol. The Labute approximate surface area is 393 Å². The zero-order valence-electron chi connectivity index (χ0n) is 37.4. The Kier molecular flexibility index (Phi) is 15.9. The van der Waals surface area contributed by atoms with Crippen LogP contribution in [0.1, 0.15) is 44.1 Å². The number of benzene rings is 1. The Balaban J connectivity index is 1.35. The van der Waals surface area contributed by atoms with E-state index in [0.29, 0.717) is 33.1 Å². The van der Waals surface area contributed by atoms with E-state index in [2.05, 4.69) is 39.0 Å². The van der Waals surface area contributed by atoms with Gasteiger partial charge in [0.15, 0.2) is 18.4 Å². The van der Waals surface area contributed by atoms with Gasteiger partial charge in [0.1, 0.15) is 40.6 Å². The molecule has 2 fully saturated rings. The van der Waals surface area contributed by atoms with E-state index in [4.69, 9.17) is 44.3 Å². The number of allylic oxidation sites excluding steroid dienone is 3. The number of rotatable bonds is 13. The largest absolute Gasteiger partial charge is 0.508 e. The quantitative estimate of drug-likeness (QED) is 0.0933. The standard InChI is InChI=1S/C47H53N3O13S3/c1-24(2)60-36-23-59-37(22-35(36)57-4)63-42-44(55)47(65-6,43(54)41-40-27(16-18-48-41)30-20-26(51)14-15-31(30)49-40)25(3)61-45(42)62-34-13-11-9-8-10-12-29-38(34)28(17-19-66(7)64)32(52)21-33(53)39(29)50-46(56)58-5/h8-9,14-18,20,24-25,32,34-38,42,44-45,49,51-52,55H,19,21-23H2,1-7H3,(H,50,56)/b9-8-,28-17-/t25?,32-,34-,35?,36?,37?,38?,42?,44?,45?,47?,66?/m0/s1. The first kappa shape index (κ1) is 49.4. The summed E-state index contributed by atoms with van der Waals surface area (Å²) in [5.74, 6) is 9.99. The van der Waals surface area contributed by atoms with Gasteiger partial charge in [-0.15, -0.1) is 21.2 Å². The molecule has 1 aromatic carbocycles. The van der Waals surface area contributed by atoms with Crippen LogP contribution in [0.3, 0.4) is 0 Å². The molecule has 12 atom stereocenters. The topological polar surface area (TPSA) is 217 Å². The Hall–Kier alpha value is -4.48. The lowest BCUT2D eigenvalue weighted by atomic mass is 9.82. The molecule has 19 heteroatoms. The number of amides is 1. The van der Waals surface area contributed by atoms with Crippen molar-refractivity contribution in [3.63, 3.8) is 0 Å². The number of pyridine rings is 1. The van der Waals surface area contributed by atoms with Crippen LogP contribution >= 0.6 is 11.8 Å². The fraction of sp³-hybridized carbons (Fsp3) is 0.489. The van der Waals surface area contributed by atoms with Crippen molar-refractivity contribution in [3.8, 4) is 29.4 Å². The van der Waals surface area contributed by atoms with Gasteiger partial charge in [-0.05, 0) is 75.3 Å². The number of aromatic nitrogens is 2. The summed E-state index contributed by atoms with van der Waals surface area (Å²) >= 11 is 6.59. The van der Waals surface area contributed by atoms with Crippen molar-refractivity contribution in [2.24, 2.45) is 5.92 Å². The van der Waals surface area contributed by atoms with E-state index in [0.717, 1.165) is 18.9 Å². The van der Waals surface area contributed by atoms with Crippen molar-refractivity contribution >= 4 is 71.9 Å². The Morgan fingerprint density at radius 2 is 1.92 bits per heavy atom. The molecular formula is C47H53N3O13S3. The van der Waals surface area contributed by atoms with Crippen molar-refractivity contribution in [1.82, 2.24) is 15.3 Å². The third-order valence-electron chi connectivity index (χ3n) is 11.9. The van der Waals surface area contributed by atoms with Crippen molar-refractivity contribution in [2.45, 2.75) is 99.8 Å². The van der Waals surface area contributed by atoms with Crippen molar-refractivity contribution < 1.29 is 62.9 Å². The number of carbonyl (C=O) groups excluding carboxylic acids is 3. The summed E-state index contributed by atoms with van der Waals surface area (Å²) in [6, 6.07) is 6.55. The molecule has 5 N–H and O–H groups in total. The number of aromatic hydroxyl groups is 1. The molecule has 16 nitrogen and oxygen atoms in total. The number of phenolic OH excluding ortho intramolecular Hbond substituents is 1. The van der Waals surface area contributed by atoms with Crippen LogP contribution in [0.25, 0.3) is 21.8 Å². The van der Waals surface area contributed by atoms with Gasteiger partial charge >= 0.3 is 6.09 Å². The minimum atomic E-state index is -1.79. The molecule has 2 aliphatic heterocycles.